The van der Waals surface area contributed by atoms with Gasteiger partial charge in [-0.3, -0.25) is 9.59 Å². The lowest BCUT2D eigenvalue weighted by Gasteiger charge is -2.17. The van der Waals surface area contributed by atoms with Gasteiger partial charge in [-0.1, -0.05) is 6.07 Å². The Hall–Kier alpha value is -2.56. The van der Waals surface area contributed by atoms with E-state index in [0.717, 1.165) is 17.7 Å². The minimum Gasteiger partial charge on any atom is -0.398 e. The average molecular weight is 255 g/mol. The number of nitrogens with zero attached hydrogens (tertiary/aromatic N) is 1. The van der Waals surface area contributed by atoms with Crippen LogP contribution in [0.5, 0.6) is 0 Å². The maximum atomic E-state index is 12.4. The third kappa shape index (κ3) is 1.89. The molecule has 0 atom stereocenters. The highest BCUT2D eigenvalue weighted by Crippen LogP contribution is 2.32. The van der Waals surface area contributed by atoms with E-state index in [0.29, 0.717) is 17.8 Å². The summed E-state index contributed by atoms with van der Waals surface area (Å²) < 4.78 is 0. The van der Waals surface area contributed by atoms with E-state index in [1.54, 1.807) is 11.0 Å². The van der Waals surface area contributed by atoms with Crippen LogP contribution in [-0.2, 0) is 6.42 Å². The summed E-state index contributed by atoms with van der Waals surface area (Å²) in [5.41, 5.74) is 8.56. The fraction of sp³-hybridized carbons (Fsp3) is 0.143. The van der Waals surface area contributed by atoms with Gasteiger partial charge in [0.1, 0.15) is 0 Å². The number of carbonyl (C=O) groups excluding carboxylic acids is 1. The molecule has 5 nitrogen and oxygen atoms in total. The maximum Gasteiger partial charge on any atom is 0.258 e. The predicted molar refractivity (Wildman–Crippen MR) is 73.3 cm³/mol. The SMILES string of the molecule is Nc1cccc2c1CCN2C(=O)c1cc[nH]c(=O)c1. The van der Waals surface area contributed by atoms with Crippen LogP contribution < -0.4 is 16.2 Å². The summed E-state index contributed by atoms with van der Waals surface area (Å²) in [6, 6.07) is 8.46. The van der Waals surface area contributed by atoms with Crippen LogP contribution in [0.3, 0.4) is 0 Å². The predicted octanol–water partition coefficient (Wildman–Crippen LogP) is 1.16. The van der Waals surface area contributed by atoms with Crippen molar-refractivity contribution < 1.29 is 4.79 Å². The first-order valence-electron chi connectivity index (χ1n) is 6.05. The molecule has 1 aromatic carbocycles. The van der Waals surface area contributed by atoms with Crippen molar-refractivity contribution in [2.45, 2.75) is 6.42 Å². The van der Waals surface area contributed by atoms with Crippen molar-refractivity contribution in [3.05, 3.63) is 58.0 Å². The molecule has 2 heterocycles. The number of carbonyl (C=O) groups is 1. The molecule has 3 rings (SSSR count). The zero-order valence-electron chi connectivity index (χ0n) is 10.2. The summed E-state index contributed by atoms with van der Waals surface area (Å²) >= 11 is 0. The van der Waals surface area contributed by atoms with Crippen molar-refractivity contribution in [2.75, 3.05) is 17.2 Å². The molecule has 0 saturated carbocycles. The Labute approximate surface area is 109 Å². The Morgan fingerprint density at radius 1 is 1.32 bits per heavy atom. The average Bonchev–Trinajstić information content (AvgIpc) is 2.83. The molecule has 0 fully saturated rings. The highest BCUT2D eigenvalue weighted by Gasteiger charge is 2.26. The molecule has 0 saturated heterocycles. The summed E-state index contributed by atoms with van der Waals surface area (Å²) in [5.74, 6) is -0.171. The largest absolute Gasteiger partial charge is 0.398 e. The molecule has 1 aromatic heterocycles. The number of rotatable bonds is 1. The summed E-state index contributed by atoms with van der Waals surface area (Å²) in [5, 5.41) is 0. The number of fused-ring (bicyclic) bond motifs is 1. The summed E-state index contributed by atoms with van der Waals surface area (Å²) in [6.07, 6.45) is 2.23. The van der Waals surface area contributed by atoms with E-state index in [1.165, 1.54) is 12.3 Å². The first-order valence-corrected chi connectivity index (χ1v) is 6.05. The fourth-order valence-corrected chi connectivity index (χ4v) is 2.41. The molecule has 2 aromatic rings. The van der Waals surface area contributed by atoms with Gasteiger partial charge in [0.05, 0.1) is 0 Å². The van der Waals surface area contributed by atoms with Gasteiger partial charge in [0.25, 0.3) is 5.91 Å². The van der Waals surface area contributed by atoms with Crippen LogP contribution >= 0.6 is 0 Å². The van der Waals surface area contributed by atoms with E-state index in [4.69, 9.17) is 5.73 Å². The number of nitrogens with two attached hydrogens (primary N) is 1. The first-order chi connectivity index (χ1) is 9.16. The van der Waals surface area contributed by atoms with Crippen LogP contribution in [0.4, 0.5) is 11.4 Å². The zero-order valence-corrected chi connectivity index (χ0v) is 10.2. The van der Waals surface area contributed by atoms with Crippen molar-refractivity contribution in [1.29, 1.82) is 0 Å². The fourth-order valence-electron chi connectivity index (χ4n) is 2.41. The molecule has 1 amide bonds. The molecule has 0 radical (unpaired) electrons. The van der Waals surface area contributed by atoms with Crippen LogP contribution in [0, 0.1) is 0 Å². The minimum atomic E-state index is -0.280. The molecule has 0 spiro atoms. The molecule has 0 unspecified atom stereocenters. The van der Waals surface area contributed by atoms with E-state index in [1.807, 2.05) is 18.2 Å². The van der Waals surface area contributed by atoms with E-state index in [-0.39, 0.29) is 11.5 Å². The second-order valence-electron chi connectivity index (χ2n) is 4.49. The number of H-pyrrole nitrogens is 1. The Balaban J connectivity index is 2.00. The van der Waals surface area contributed by atoms with Crippen LogP contribution in [0.25, 0.3) is 0 Å². The van der Waals surface area contributed by atoms with E-state index in [9.17, 15) is 9.59 Å². The zero-order chi connectivity index (χ0) is 13.4. The summed E-state index contributed by atoms with van der Waals surface area (Å²) in [6.45, 7) is 0.592. The molecular weight excluding hydrogens is 242 g/mol. The Kier molecular flexibility index (Phi) is 2.59. The number of amides is 1. The number of aromatic amines is 1. The summed E-state index contributed by atoms with van der Waals surface area (Å²) in [4.78, 5) is 27.8. The molecule has 0 bridgehead atoms. The Morgan fingerprint density at radius 2 is 2.16 bits per heavy atom. The van der Waals surface area contributed by atoms with Gasteiger partial charge in [0.15, 0.2) is 0 Å². The van der Waals surface area contributed by atoms with Gasteiger partial charge < -0.3 is 15.6 Å². The number of pyridine rings is 1. The Bertz CT molecular complexity index is 706. The van der Waals surface area contributed by atoms with Gasteiger partial charge in [-0.05, 0) is 24.6 Å². The van der Waals surface area contributed by atoms with Crippen molar-refractivity contribution in [2.24, 2.45) is 0 Å². The van der Waals surface area contributed by atoms with E-state index >= 15 is 0 Å². The van der Waals surface area contributed by atoms with Crippen LogP contribution in [-0.4, -0.2) is 17.4 Å². The molecule has 96 valence electrons. The molecule has 19 heavy (non-hydrogen) atoms. The normalized spacial score (nSPS) is 13.4. The number of benzene rings is 1. The van der Waals surface area contributed by atoms with Crippen molar-refractivity contribution in [3.8, 4) is 0 Å². The first kappa shape index (κ1) is 11.5. The number of hydrogen-bond acceptors (Lipinski definition) is 3. The van der Waals surface area contributed by atoms with Crippen LogP contribution in [0.1, 0.15) is 15.9 Å². The van der Waals surface area contributed by atoms with Gasteiger partial charge in [-0.2, -0.15) is 0 Å². The second-order valence-corrected chi connectivity index (χ2v) is 4.49. The smallest absolute Gasteiger partial charge is 0.258 e. The van der Waals surface area contributed by atoms with E-state index in [2.05, 4.69) is 4.98 Å². The highest BCUT2D eigenvalue weighted by atomic mass is 16.2. The third-order valence-corrected chi connectivity index (χ3v) is 3.33. The van der Waals surface area contributed by atoms with E-state index < -0.39 is 0 Å². The van der Waals surface area contributed by atoms with Crippen molar-refractivity contribution in [3.63, 3.8) is 0 Å². The number of aromatic nitrogens is 1. The molecule has 5 heteroatoms. The number of anilines is 2. The third-order valence-electron chi connectivity index (χ3n) is 3.33. The topological polar surface area (TPSA) is 79.2 Å². The highest BCUT2D eigenvalue weighted by molar-refractivity contribution is 6.07. The van der Waals surface area contributed by atoms with Gasteiger partial charge in [-0.15, -0.1) is 0 Å². The van der Waals surface area contributed by atoms with Gasteiger partial charge in [0, 0.05) is 41.3 Å². The number of nitrogens with one attached hydrogen (secondary N) is 1. The standard InChI is InChI=1S/C14H13N3O2/c15-11-2-1-3-12-10(11)5-7-17(12)14(19)9-4-6-16-13(18)8-9/h1-4,6,8H,5,7,15H2,(H,16,18). The summed E-state index contributed by atoms with van der Waals surface area (Å²) in [7, 11) is 0. The molecule has 0 aliphatic carbocycles. The quantitative estimate of drug-likeness (QED) is 0.750. The lowest BCUT2D eigenvalue weighted by Crippen LogP contribution is -2.29. The monoisotopic (exact) mass is 255 g/mol. The minimum absolute atomic E-state index is 0.171. The number of nitrogen functional groups attached to an aromatic ring is 1. The van der Waals surface area contributed by atoms with Crippen molar-refractivity contribution >= 4 is 17.3 Å². The van der Waals surface area contributed by atoms with Gasteiger partial charge in [0.2, 0.25) is 5.56 Å². The van der Waals surface area contributed by atoms with Crippen molar-refractivity contribution in [1.82, 2.24) is 4.98 Å². The van der Waals surface area contributed by atoms with Gasteiger partial charge in [-0.25, -0.2) is 0 Å². The molecule has 3 N–H and O–H groups in total. The molecule has 1 aliphatic rings. The number of hydrogen-bond donors (Lipinski definition) is 2. The molecular formula is C14H13N3O2. The lowest BCUT2D eigenvalue weighted by molar-refractivity contribution is 0.0989. The lowest BCUT2D eigenvalue weighted by atomic mass is 10.1. The second kappa shape index (κ2) is 4.28. The van der Waals surface area contributed by atoms with Crippen LogP contribution in [0.15, 0.2) is 41.3 Å². The van der Waals surface area contributed by atoms with Gasteiger partial charge >= 0.3 is 0 Å². The Morgan fingerprint density at radius 3 is 2.95 bits per heavy atom. The molecule has 1 aliphatic heterocycles. The van der Waals surface area contributed by atoms with Crippen LogP contribution in [0.2, 0.25) is 0 Å². The maximum absolute atomic E-state index is 12.4.